The van der Waals surface area contributed by atoms with E-state index in [0.29, 0.717) is 23.7 Å². The molecule has 8 bridgehead atoms. The van der Waals surface area contributed by atoms with Gasteiger partial charge in [0.25, 0.3) is 0 Å². The zero-order valence-corrected chi connectivity index (χ0v) is 57.9. The van der Waals surface area contributed by atoms with Crippen molar-refractivity contribution in [2.75, 3.05) is 0 Å². The predicted molar refractivity (Wildman–Crippen MR) is 409 cm³/mol. The summed E-state index contributed by atoms with van der Waals surface area (Å²) in [4.78, 5) is 25.3. The molecule has 2 aliphatic heterocycles. The molecule has 3 aliphatic rings. The number of hydrogen-bond acceptors (Lipinski definition) is 2. The van der Waals surface area contributed by atoms with Gasteiger partial charge in [-0.1, -0.05) is 250 Å². The molecule has 0 saturated heterocycles. The van der Waals surface area contributed by atoms with E-state index in [2.05, 4.69) is 298 Å². The molecule has 5 heteroatoms. The van der Waals surface area contributed by atoms with Crippen molar-refractivity contribution < 1.29 is 20.4 Å². The van der Waals surface area contributed by atoms with E-state index in [-0.39, 0.29) is 20.4 Å². The third-order valence-corrected chi connectivity index (χ3v) is 19.9. The Hall–Kier alpha value is -10.0. The summed E-state index contributed by atoms with van der Waals surface area (Å²) in [5.74, 6) is 1.96. The Morgan fingerprint density at radius 2 is 0.433 bits per heavy atom. The number of rotatable bonds is 12. The maximum Gasteiger partial charge on any atom is 2.00 e. The zero-order chi connectivity index (χ0) is 65.0. The summed E-state index contributed by atoms with van der Waals surface area (Å²) in [6.45, 7) is 18.4. The van der Waals surface area contributed by atoms with E-state index in [1.54, 1.807) is 0 Å². The first-order valence-corrected chi connectivity index (χ1v) is 34.7. The van der Waals surface area contributed by atoms with E-state index in [4.69, 9.17) is 19.9 Å². The number of aromatic nitrogens is 4. The predicted octanol–water partition coefficient (Wildman–Crippen LogP) is 24.6. The number of nitrogens with zero attached hydrogens (tertiary/aromatic N) is 4. The molecule has 4 heterocycles. The molecule has 12 aromatic carbocycles. The van der Waals surface area contributed by atoms with Crippen LogP contribution in [-0.4, -0.2) is 9.97 Å². The molecule has 0 spiro atoms. The van der Waals surface area contributed by atoms with Gasteiger partial charge in [-0.05, 0) is 229 Å². The summed E-state index contributed by atoms with van der Waals surface area (Å²) in [6, 6.07) is 91.8. The number of benzene rings is 12. The molecule has 0 fully saturated rings. The van der Waals surface area contributed by atoms with Crippen molar-refractivity contribution in [2.45, 2.75) is 81.1 Å². The van der Waals surface area contributed by atoms with E-state index in [0.717, 1.165) is 202 Å². The Balaban J connectivity index is 0.00000738. The van der Waals surface area contributed by atoms with Crippen molar-refractivity contribution in [3.63, 3.8) is 0 Å². The fourth-order valence-electron chi connectivity index (χ4n) is 15.6. The molecular formula is C92H76N4Pd. The van der Waals surface area contributed by atoms with Gasteiger partial charge in [-0.2, -0.15) is 0 Å². The molecule has 0 atom stereocenters. The van der Waals surface area contributed by atoms with Gasteiger partial charge in [0.1, 0.15) is 0 Å². The molecule has 0 amide bonds. The standard InChI is InChI=1S/C92H76N4.Pd/c1-53(2)41-57-25-33-61(34-26-57)81-85-73-45-65-17-9-11-19-67(65)47-75(73)87(93-85)82(62-35-27-58(28-36-62)42-54(3)4)89-77-49-69-21-13-15-23-71(69)51-79(77)91(95-89)84(64-39-31-60(32-40-64)44-56(7)8)92-80-52-72-24-16-14-22-70(72)50-78(80)90(96-92)83(63-37-29-59(30-38-63)43-55(5)6)88-76-48-68-20-12-10-18-66(68)46-74(76)86(81)94-88;/h9-40,45-56H,41-44H2,1-8H3;/q-2;+2. The van der Waals surface area contributed by atoms with Crippen LogP contribution in [0.3, 0.4) is 0 Å². The SMILES string of the molecule is CC(C)Cc1ccc(-c2c3nc(c(-c4ccc(CC(C)C)cc4)c4[n-]c(c(-c5ccc(CC(C)C)cc5)c5nc(c(-c6ccc(CC(C)C)cc6)c6[n-]c2c2cc7ccccc7cc62)-c2cc6ccccc6cc2-5)c2cc5ccccc5cc42)-c2cc4ccccc4cc2-3)cc1.[Pd+2]. The van der Waals surface area contributed by atoms with Gasteiger partial charge >= 0.3 is 20.4 Å². The van der Waals surface area contributed by atoms with Crippen LogP contribution in [0.1, 0.15) is 77.6 Å². The number of fused-ring (bicyclic) bond motifs is 4. The molecule has 0 unspecified atom stereocenters. The van der Waals surface area contributed by atoms with Gasteiger partial charge in [0.15, 0.2) is 0 Å². The van der Waals surface area contributed by atoms with Gasteiger partial charge in [-0.15, -0.1) is 22.1 Å². The second-order valence-corrected chi connectivity index (χ2v) is 28.9. The number of hydrogen-bond donors (Lipinski definition) is 0. The average molecular weight is 1340 g/mol. The fraction of sp³-hybridized carbons (Fsp3) is 0.174. The average Bonchev–Trinajstić information content (AvgIpc) is 1.56. The topological polar surface area (TPSA) is 54.0 Å². The van der Waals surface area contributed by atoms with E-state index in [1.165, 1.54) is 22.3 Å². The fourth-order valence-corrected chi connectivity index (χ4v) is 15.6. The van der Waals surface area contributed by atoms with Crippen LogP contribution in [0.4, 0.5) is 0 Å². The van der Waals surface area contributed by atoms with E-state index in [9.17, 15) is 0 Å². The molecule has 17 rings (SSSR count). The van der Waals surface area contributed by atoms with Crippen molar-refractivity contribution in [1.82, 2.24) is 19.9 Å². The Labute approximate surface area is 582 Å². The molecule has 1 aliphatic carbocycles. The van der Waals surface area contributed by atoms with Crippen molar-refractivity contribution >= 4 is 86.7 Å². The summed E-state index contributed by atoms with van der Waals surface area (Å²) >= 11 is 0. The van der Waals surface area contributed by atoms with Crippen LogP contribution in [0.15, 0.2) is 243 Å². The van der Waals surface area contributed by atoms with Crippen LogP contribution in [-0.2, 0) is 46.1 Å². The third kappa shape index (κ3) is 11.1. The zero-order valence-electron chi connectivity index (χ0n) is 56.3. The maximum atomic E-state index is 6.33. The van der Waals surface area contributed by atoms with Crippen molar-refractivity contribution in [3.8, 4) is 89.5 Å². The summed E-state index contributed by atoms with van der Waals surface area (Å²) in [6.07, 6.45) is 3.88. The first-order chi connectivity index (χ1) is 46.8. The Morgan fingerprint density at radius 3 is 0.619 bits per heavy atom. The van der Waals surface area contributed by atoms with Gasteiger partial charge in [-0.3, -0.25) is 0 Å². The third-order valence-electron chi connectivity index (χ3n) is 19.9. The summed E-state index contributed by atoms with van der Waals surface area (Å²) < 4.78 is 0. The minimum absolute atomic E-state index is 0. The van der Waals surface area contributed by atoms with Crippen molar-refractivity contribution in [1.29, 1.82) is 0 Å². The van der Waals surface area contributed by atoms with Gasteiger partial charge in [0.05, 0.1) is 22.8 Å². The molecule has 0 radical (unpaired) electrons. The van der Waals surface area contributed by atoms with Gasteiger partial charge in [0.2, 0.25) is 0 Å². The Kier molecular flexibility index (Phi) is 15.9. The molecular weight excluding hydrogens is 1270 g/mol. The van der Waals surface area contributed by atoms with Crippen LogP contribution in [0.2, 0.25) is 0 Å². The van der Waals surface area contributed by atoms with Crippen molar-refractivity contribution in [2.24, 2.45) is 23.7 Å². The van der Waals surface area contributed by atoms with Gasteiger partial charge < -0.3 is 9.97 Å². The second-order valence-electron chi connectivity index (χ2n) is 28.9. The van der Waals surface area contributed by atoms with E-state index >= 15 is 0 Å². The molecule has 14 aromatic rings. The van der Waals surface area contributed by atoms with Crippen LogP contribution in [0.5, 0.6) is 0 Å². The Morgan fingerprint density at radius 1 is 0.247 bits per heavy atom. The van der Waals surface area contributed by atoms with Gasteiger partial charge in [0, 0.05) is 22.3 Å². The minimum atomic E-state index is 0. The Bertz CT molecular complexity index is 5100. The first-order valence-electron chi connectivity index (χ1n) is 34.7. The van der Waals surface area contributed by atoms with E-state index in [1.807, 2.05) is 0 Å². The molecule has 2 aromatic heterocycles. The van der Waals surface area contributed by atoms with Crippen LogP contribution in [0, 0.1) is 23.7 Å². The molecule has 474 valence electrons. The second kappa shape index (κ2) is 24.9. The summed E-state index contributed by atoms with van der Waals surface area (Å²) in [5, 5.41) is 13.4. The van der Waals surface area contributed by atoms with Crippen molar-refractivity contribution in [3.05, 3.63) is 265 Å². The normalized spacial score (nSPS) is 12.2. The van der Waals surface area contributed by atoms with Gasteiger partial charge in [-0.25, -0.2) is 9.97 Å². The molecule has 0 saturated carbocycles. The summed E-state index contributed by atoms with van der Waals surface area (Å²) in [5.41, 5.74) is 24.6. The van der Waals surface area contributed by atoms with Crippen LogP contribution < -0.4 is 9.97 Å². The van der Waals surface area contributed by atoms with E-state index < -0.39 is 0 Å². The molecule has 0 N–H and O–H groups in total. The molecule has 97 heavy (non-hydrogen) atoms. The smallest absolute Gasteiger partial charge is 0.656 e. The monoisotopic (exact) mass is 1340 g/mol. The van der Waals surface area contributed by atoms with Crippen LogP contribution in [0.25, 0.3) is 176 Å². The summed E-state index contributed by atoms with van der Waals surface area (Å²) in [7, 11) is 0. The minimum Gasteiger partial charge on any atom is -0.656 e. The van der Waals surface area contributed by atoms with Crippen LogP contribution >= 0.6 is 0 Å². The largest absolute Gasteiger partial charge is 2.00 e. The molecule has 4 nitrogen and oxygen atoms in total. The maximum absolute atomic E-state index is 6.33. The quantitative estimate of drug-likeness (QED) is 0.114. The first kappa shape index (κ1) is 61.8.